The first-order chi connectivity index (χ1) is 14.1. The van der Waals surface area contributed by atoms with E-state index in [0.717, 1.165) is 30.5 Å². The fourth-order valence-corrected chi connectivity index (χ4v) is 5.82. The average Bonchev–Trinajstić information content (AvgIpc) is 3.40. The molecule has 152 valence electrons. The number of hydrogen-bond donors (Lipinski definition) is 0. The Hall–Kier alpha value is -2.58. The van der Waals surface area contributed by atoms with Gasteiger partial charge in [-0.05, 0) is 55.2 Å². The minimum absolute atomic E-state index is 0.105. The number of rotatable bonds is 3. The first-order valence-corrected chi connectivity index (χ1v) is 11.3. The first-order valence-electron chi connectivity index (χ1n) is 9.89. The largest absolute Gasteiger partial charge is 0.454 e. The van der Waals surface area contributed by atoms with Gasteiger partial charge in [-0.25, -0.2) is 8.42 Å². The molecule has 0 unspecified atom stereocenters. The predicted molar refractivity (Wildman–Crippen MR) is 107 cm³/mol. The Kier molecular flexibility index (Phi) is 4.48. The fraction of sp³-hybridized carbons (Fsp3) is 0.381. The van der Waals surface area contributed by atoms with Crippen LogP contribution in [0.4, 0.5) is 5.69 Å². The zero-order valence-corrected chi connectivity index (χ0v) is 16.8. The molecule has 3 aliphatic heterocycles. The van der Waals surface area contributed by atoms with Gasteiger partial charge in [0, 0.05) is 25.3 Å². The molecule has 7 nitrogen and oxygen atoms in total. The Labute approximate surface area is 169 Å². The molecule has 1 saturated heterocycles. The number of sulfonamides is 1. The molecule has 0 N–H and O–H groups in total. The van der Waals surface area contributed by atoms with Crippen molar-refractivity contribution in [2.75, 3.05) is 31.3 Å². The lowest BCUT2D eigenvalue weighted by atomic mass is 10.1. The summed E-state index contributed by atoms with van der Waals surface area (Å²) >= 11 is 0. The van der Waals surface area contributed by atoms with Crippen LogP contribution in [0, 0.1) is 0 Å². The minimum Gasteiger partial charge on any atom is -0.454 e. The van der Waals surface area contributed by atoms with E-state index in [9.17, 15) is 13.2 Å². The highest BCUT2D eigenvalue weighted by Gasteiger charge is 2.32. The van der Waals surface area contributed by atoms with Gasteiger partial charge in [0.1, 0.15) is 0 Å². The molecular weight excluding hydrogens is 392 g/mol. The predicted octanol–water partition coefficient (Wildman–Crippen LogP) is 2.79. The van der Waals surface area contributed by atoms with Gasteiger partial charge in [-0.3, -0.25) is 4.79 Å². The van der Waals surface area contributed by atoms with E-state index in [1.807, 2.05) is 0 Å². The molecule has 0 bridgehead atoms. The standard InChI is InChI=1S/C21H22N2O5S/c24-21(17-5-4-6-19-20(17)28-14-27-19)23-12-9-15-13-16(7-8-18(15)23)29(25,26)22-10-2-1-3-11-22/h4-8,13H,1-3,9-12,14H2. The van der Waals surface area contributed by atoms with Crippen molar-refractivity contribution in [3.63, 3.8) is 0 Å². The smallest absolute Gasteiger partial charge is 0.262 e. The van der Waals surface area contributed by atoms with Gasteiger partial charge in [-0.1, -0.05) is 12.5 Å². The van der Waals surface area contributed by atoms with Crippen molar-refractivity contribution in [2.45, 2.75) is 30.6 Å². The Morgan fingerprint density at radius 3 is 2.62 bits per heavy atom. The van der Waals surface area contributed by atoms with Crippen LogP contribution in [0.25, 0.3) is 0 Å². The quantitative estimate of drug-likeness (QED) is 0.772. The van der Waals surface area contributed by atoms with Gasteiger partial charge >= 0.3 is 0 Å². The molecule has 1 fully saturated rings. The molecule has 2 aromatic carbocycles. The van der Waals surface area contributed by atoms with Crippen molar-refractivity contribution in [2.24, 2.45) is 0 Å². The number of carbonyl (C=O) groups excluding carboxylic acids is 1. The van der Waals surface area contributed by atoms with Crippen molar-refractivity contribution >= 4 is 21.6 Å². The van der Waals surface area contributed by atoms with Crippen LogP contribution in [0.1, 0.15) is 35.2 Å². The molecule has 3 aliphatic rings. The normalized spacial score (nSPS) is 18.7. The van der Waals surface area contributed by atoms with E-state index >= 15 is 0 Å². The SMILES string of the molecule is O=C(c1cccc2c1OCO2)N1CCc2cc(S(=O)(=O)N3CCCCC3)ccc21. The second-order valence-electron chi connectivity index (χ2n) is 7.50. The summed E-state index contributed by atoms with van der Waals surface area (Å²) < 4.78 is 38.3. The van der Waals surface area contributed by atoms with Gasteiger partial charge in [-0.2, -0.15) is 4.31 Å². The summed E-state index contributed by atoms with van der Waals surface area (Å²) in [6, 6.07) is 10.4. The van der Waals surface area contributed by atoms with Crippen molar-refractivity contribution in [1.29, 1.82) is 0 Å². The molecule has 0 radical (unpaired) electrons. The van der Waals surface area contributed by atoms with Crippen LogP contribution in [-0.2, 0) is 16.4 Å². The highest BCUT2D eigenvalue weighted by Crippen LogP contribution is 2.38. The van der Waals surface area contributed by atoms with Gasteiger partial charge in [0.2, 0.25) is 16.8 Å². The summed E-state index contributed by atoms with van der Waals surface area (Å²) in [7, 11) is -3.49. The van der Waals surface area contributed by atoms with Crippen LogP contribution in [0.15, 0.2) is 41.3 Å². The van der Waals surface area contributed by atoms with Crippen LogP contribution in [0.5, 0.6) is 11.5 Å². The number of nitrogens with zero attached hydrogens (tertiary/aromatic N) is 2. The molecule has 5 rings (SSSR count). The summed E-state index contributed by atoms with van der Waals surface area (Å²) in [5.74, 6) is 0.867. The molecule has 0 aliphatic carbocycles. The molecule has 3 heterocycles. The molecule has 0 atom stereocenters. The third-order valence-corrected chi connectivity index (χ3v) is 7.67. The average molecular weight is 414 g/mol. The lowest BCUT2D eigenvalue weighted by molar-refractivity contribution is 0.0984. The summed E-state index contributed by atoms with van der Waals surface area (Å²) in [6.45, 7) is 1.76. The third-order valence-electron chi connectivity index (χ3n) is 5.77. The van der Waals surface area contributed by atoms with E-state index in [0.29, 0.717) is 48.0 Å². The van der Waals surface area contributed by atoms with E-state index < -0.39 is 10.0 Å². The maximum Gasteiger partial charge on any atom is 0.262 e. The number of benzene rings is 2. The zero-order chi connectivity index (χ0) is 20.0. The number of fused-ring (bicyclic) bond motifs is 2. The summed E-state index contributed by atoms with van der Waals surface area (Å²) in [5, 5.41) is 0. The summed E-state index contributed by atoms with van der Waals surface area (Å²) in [6.07, 6.45) is 3.50. The number of hydrogen-bond acceptors (Lipinski definition) is 5. The van der Waals surface area contributed by atoms with E-state index in [4.69, 9.17) is 9.47 Å². The number of anilines is 1. The molecule has 0 spiro atoms. The lowest BCUT2D eigenvalue weighted by Crippen LogP contribution is -2.35. The molecule has 1 amide bonds. The molecule has 8 heteroatoms. The van der Waals surface area contributed by atoms with Crippen LogP contribution >= 0.6 is 0 Å². The molecular formula is C21H22N2O5S. The Morgan fingerprint density at radius 1 is 0.966 bits per heavy atom. The van der Waals surface area contributed by atoms with Crippen molar-refractivity contribution < 1.29 is 22.7 Å². The fourth-order valence-electron chi connectivity index (χ4n) is 4.25. The Balaban J connectivity index is 1.44. The minimum atomic E-state index is -3.49. The molecule has 0 saturated carbocycles. The van der Waals surface area contributed by atoms with E-state index in [1.54, 1.807) is 45.6 Å². The van der Waals surface area contributed by atoms with Gasteiger partial charge < -0.3 is 14.4 Å². The van der Waals surface area contributed by atoms with Crippen LogP contribution in [-0.4, -0.2) is 45.1 Å². The third kappa shape index (κ3) is 3.07. The second kappa shape index (κ2) is 7.03. The van der Waals surface area contributed by atoms with E-state index in [2.05, 4.69) is 0 Å². The Bertz CT molecular complexity index is 1080. The number of carbonyl (C=O) groups is 1. The van der Waals surface area contributed by atoms with Crippen LogP contribution in [0.3, 0.4) is 0 Å². The van der Waals surface area contributed by atoms with E-state index in [-0.39, 0.29) is 12.7 Å². The molecule has 0 aromatic heterocycles. The van der Waals surface area contributed by atoms with Crippen molar-refractivity contribution in [3.8, 4) is 11.5 Å². The van der Waals surface area contributed by atoms with Crippen molar-refractivity contribution in [3.05, 3.63) is 47.5 Å². The maximum absolute atomic E-state index is 13.2. The van der Waals surface area contributed by atoms with Crippen LogP contribution in [0.2, 0.25) is 0 Å². The monoisotopic (exact) mass is 414 g/mol. The van der Waals surface area contributed by atoms with Gasteiger partial charge in [0.05, 0.1) is 10.5 Å². The van der Waals surface area contributed by atoms with Crippen molar-refractivity contribution in [1.82, 2.24) is 4.31 Å². The molecule has 2 aromatic rings. The second-order valence-corrected chi connectivity index (χ2v) is 9.44. The number of piperidine rings is 1. The summed E-state index contributed by atoms with van der Waals surface area (Å²) in [4.78, 5) is 15.2. The van der Waals surface area contributed by atoms with E-state index in [1.165, 1.54) is 0 Å². The summed E-state index contributed by atoms with van der Waals surface area (Å²) in [5.41, 5.74) is 2.09. The highest BCUT2D eigenvalue weighted by atomic mass is 32.2. The maximum atomic E-state index is 13.2. The highest BCUT2D eigenvalue weighted by molar-refractivity contribution is 7.89. The topological polar surface area (TPSA) is 76.1 Å². The zero-order valence-electron chi connectivity index (χ0n) is 16.0. The number of ether oxygens (including phenoxy) is 2. The number of amides is 1. The number of para-hydroxylation sites is 1. The first kappa shape index (κ1) is 18.4. The van der Waals surface area contributed by atoms with Gasteiger partial charge in [-0.15, -0.1) is 0 Å². The van der Waals surface area contributed by atoms with Gasteiger partial charge in [0.25, 0.3) is 5.91 Å². The Morgan fingerprint density at radius 2 is 1.79 bits per heavy atom. The molecule has 29 heavy (non-hydrogen) atoms. The lowest BCUT2D eigenvalue weighted by Gasteiger charge is -2.26. The van der Waals surface area contributed by atoms with Crippen LogP contribution < -0.4 is 14.4 Å². The van der Waals surface area contributed by atoms with Gasteiger partial charge in [0.15, 0.2) is 11.5 Å².